The van der Waals surface area contributed by atoms with E-state index in [1.807, 2.05) is 18.2 Å². The predicted molar refractivity (Wildman–Crippen MR) is 123 cm³/mol. The van der Waals surface area contributed by atoms with Crippen LogP contribution in [0.5, 0.6) is 11.5 Å². The maximum atomic E-state index is 10.2. The molecular formula is C28H28N2O3. The molecule has 8 rings (SSSR count). The fourth-order valence-corrected chi connectivity index (χ4v) is 8.04. The molecule has 2 spiro atoms. The molecule has 0 aromatic heterocycles. The Balaban J connectivity index is 1.42. The van der Waals surface area contributed by atoms with Gasteiger partial charge in [-0.05, 0) is 50.0 Å². The molecule has 2 aromatic rings. The number of benzene rings is 2. The second kappa shape index (κ2) is 6.40. The van der Waals surface area contributed by atoms with Gasteiger partial charge in [-0.2, -0.15) is 5.26 Å². The van der Waals surface area contributed by atoms with Crippen LogP contribution >= 0.6 is 0 Å². The third-order valence-corrected chi connectivity index (χ3v) is 9.45. The number of hydrogen-bond donors (Lipinski definition) is 0. The zero-order valence-corrected chi connectivity index (χ0v) is 19.1. The Morgan fingerprint density at radius 3 is 2.82 bits per heavy atom. The Labute approximate surface area is 194 Å². The average molecular weight is 441 g/mol. The van der Waals surface area contributed by atoms with Gasteiger partial charge in [-0.3, -0.25) is 0 Å². The minimum Gasteiger partial charge on any atom is -0.485 e. The van der Waals surface area contributed by atoms with Gasteiger partial charge in [0, 0.05) is 24.1 Å². The van der Waals surface area contributed by atoms with Crippen LogP contribution < -0.4 is 9.47 Å². The summed E-state index contributed by atoms with van der Waals surface area (Å²) < 4.78 is 19.5. The van der Waals surface area contributed by atoms with Crippen LogP contribution in [0.1, 0.15) is 29.5 Å². The van der Waals surface area contributed by atoms with Crippen LogP contribution in [0, 0.1) is 22.7 Å². The number of piperidine rings is 1. The minimum atomic E-state index is -0.735. The van der Waals surface area contributed by atoms with E-state index in [1.54, 1.807) is 7.11 Å². The lowest BCUT2D eigenvalue weighted by atomic mass is 9.37. The molecule has 6 aliphatic rings. The lowest BCUT2D eigenvalue weighted by Gasteiger charge is -2.70. The van der Waals surface area contributed by atoms with Crippen LogP contribution in [0.25, 0.3) is 0 Å². The Hall–Kier alpha value is -2.81. The van der Waals surface area contributed by atoms with Crippen molar-refractivity contribution in [3.8, 4) is 17.6 Å². The first kappa shape index (κ1) is 19.6. The molecule has 5 nitrogen and oxygen atoms in total. The number of rotatable bonds is 4. The average Bonchev–Trinajstić information content (AvgIpc) is 3.23. The van der Waals surface area contributed by atoms with Crippen molar-refractivity contribution in [1.82, 2.24) is 4.90 Å². The summed E-state index contributed by atoms with van der Waals surface area (Å²) in [4.78, 5) is 2.51. The molecule has 4 aliphatic carbocycles. The Morgan fingerprint density at radius 2 is 2.03 bits per heavy atom. The molecular weight excluding hydrogens is 412 g/mol. The molecule has 2 fully saturated rings. The number of ether oxygens (including phenoxy) is 3. The third-order valence-electron chi connectivity index (χ3n) is 9.45. The second-order valence-corrected chi connectivity index (χ2v) is 10.4. The van der Waals surface area contributed by atoms with Gasteiger partial charge in [0.25, 0.3) is 0 Å². The van der Waals surface area contributed by atoms with Crippen LogP contribution in [-0.4, -0.2) is 43.3 Å². The lowest BCUT2D eigenvalue weighted by Crippen LogP contribution is -2.78. The van der Waals surface area contributed by atoms with E-state index in [-0.39, 0.29) is 22.9 Å². The lowest BCUT2D eigenvalue weighted by molar-refractivity contribution is -0.203. The third kappa shape index (κ3) is 2.11. The summed E-state index contributed by atoms with van der Waals surface area (Å²) in [5, 5.41) is 10.2. The Morgan fingerprint density at radius 1 is 1.18 bits per heavy atom. The molecule has 33 heavy (non-hydrogen) atoms. The smallest absolute Gasteiger partial charge is 0.166 e. The SMILES string of the molecule is COC12C=CC3(CC1C#N)C1Cc4ccc(OCc5ccccc5)c5c4C3(CCN1C)C2O5. The summed E-state index contributed by atoms with van der Waals surface area (Å²) in [6.07, 6.45) is 7.14. The van der Waals surface area contributed by atoms with E-state index in [0.29, 0.717) is 12.6 Å². The van der Waals surface area contributed by atoms with E-state index in [1.165, 1.54) is 11.1 Å². The van der Waals surface area contributed by atoms with Crippen molar-refractivity contribution < 1.29 is 14.2 Å². The first-order valence-electron chi connectivity index (χ1n) is 11.9. The fourth-order valence-electron chi connectivity index (χ4n) is 8.04. The first-order valence-corrected chi connectivity index (χ1v) is 11.9. The van der Waals surface area contributed by atoms with E-state index in [0.717, 1.165) is 42.9 Å². The van der Waals surface area contributed by atoms with Gasteiger partial charge in [-0.15, -0.1) is 0 Å². The van der Waals surface area contributed by atoms with Crippen molar-refractivity contribution in [3.05, 3.63) is 71.3 Å². The summed E-state index contributed by atoms with van der Waals surface area (Å²) in [7, 11) is 3.97. The monoisotopic (exact) mass is 440 g/mol. The van der Waals surface area contributed by atoms with Gasteiger partial charge in [0.05, 0.1) is 17.4 Å². The molecule has 0 N–H and O–H groups in total. The molecule has 0 amide bonds. The number of hydrogen-bond acceptors (Lipinski definition) is 5. The predicted octanol–water partition coefficient (Wildman–Crippen LogP) is 4.01. The van der Waals surface area contributed by atoms with Crippen LogP contribution in [0.15, 0.2) is 54.6 Å². The van der Waals surface area contributed by atoms with E-state index in [4.69, 9.17) is 14.2 Å². The van der Waals surface area contributed by atoms with Gasteiger partial charge in [-0.25, -0.2) is 0 Å². The molecule has 2 aliphatic heterocycles. The summed E-state index contributed by atoms with van der Waals surface area (Å²) in [6, 6.07) is 17.5. The van der Waals surface area contributed by atoms with E-state index >= 15 is 0 Å². The van der Waals surface area contributed by atoms with Crippen LogP contribution in [0.4, 0.5) is 0 Å². The Bertz CT molecular complexity index is 1220. The van der Waals surface area contributed by atoms with Crippen LogP contribution in [0.2, 0.25) is 0 Å². The highest BCUT2D eigenvalue weighted by atomic mass is 16.6. The highest BCUT2D eigenvalue weighted by Crippen LogP contribution is 2.74. The molecule has 5 heteroatoms. The molecule has 0 radical (unpaired) electrons. The second-order valence-electron chi connectivity index (χ2n) is 10.4. The molecule has 4 bridgehead atoms. The highest BCUT2D eigenvalue weighted by molar-refractivity contribution is 5.65. The van der Waals surface area contributed by atoms with E-state index < -0.39 is 5.60 Å². The largest absolute Gasteiger partial charge is 0.485 e. The standard InChI is InChI=1S/C28H28N2O3/c1-30-13-12-27-23-19-8-9-21(32-17-18-6-4-3-5-7-18)24(23)33-25(27)28(31-2)11-10-26(27,22(30)14-19)15-20(28)16-29/h3-11,20,22,25H,12-15,17H2,1-2H3. The van der Waals surface area contributed by atoms with Crippen molar-refractivity contribution in [1.29, 1.82) is 5.26 Å². The normalized spacial score (nSPS) is 39.0. The summed E-state index contributed by atoms with van der Waals surface area (Å²) >= 11 is 0. The number of nitrogens with zero attached hydrogens (tertiary/aromatic N) is 2. The Kier molecular flexibility index (Phi) is 3.81. The topological polar surface area (TPSA) is 54.7 Å². The zero-order valence-electron chi connectivity index (χ0n) is 19.1. The van der Waals surface area contributed by atoms with Crippen LogP contribution in [-0.2, 0) is 23.2 Å². The number of methoxy groups -OCH3 is 1. The number of fused-ring (bicyclic) bond motifs is 1. The van der Waals surface area contributed by atoms with Gasteiger partial charge in [0.15, 0.2) is 11.5 Å². The van der Waals surface area contributed by atoms with E-state index in [9.17, 15) is 5.26 Å². The van der Waals surface area contributed by atoms with Crippen molar-refractivity contribution in [2.45, 2.75) is 49.0 Å². The molecule has 2 heterocycles. The minimum absolute atomic E-state index is 0.123. The number of likely N-dealkylation sites (N-methyl/N-ethyl adjacent to an activating group) is 1. The molecule has 1 saturated heterocycles. The van der Waals surface area contributed by atoms with Crippen LogP contribution in [0.3, 0.4) is 0 Å². The van der Waals surface area contributed by atoms with Crippen molar-refractivity contribution in [2.24, 2.45) is 11.3 Å². The first-order chi connectivity index (χ1) is 16.1. The van der Waals surface area contributed by atoms with Crippen molar-refractivity contribution in [3.63, 3.8) is 0 Å². The van der Waals surface area contributed by atoms with Gasteiger partial charge < -0.3 is 19.1 Å². The number of nitriles is 1. The van der Waals surface area contributed by atoms with Gasteiger partial charge in [-0.1, -0.05) is 48.6 Å². The summed E-state index contributed by atoms with van der Waals surface area (Å²) in [5.74, 6) is 1.45. The van der Waals surface area contributed by atoms with Crippen molar-refractivity contribution in [2.75, 3.05) is 20.7 Å². The molecule has 1 saturated carbocycles. The summed E-state index contributed by atoms with van der Waals surface area (Å²) in [6.45, 7) is 1.52. The fraction of sp³-hybridized carbons (Fsp3) is 0.464. The number of likely N-dealkylation sites (tertiary alicyclic amines) is 1. The molecule has 6 unspecified atom stereocenters. The molecule has 6 atom stereocenters. The molecule has 168 valence electrons. The molecule has 2 aromatic carbocycles. The van der Waals surface area contributed by atoms with Gasteiger partial charge >= 0.3 is 0 Å². The van der Waals surface area contributed by atoms with E-state index in [2.05, 4.69) is 54.4 Å². The summed E-state index contributed by atoms with van der Waals surface area (Å²) in [5.41, 5.74) is 2.78. The zero-order chi connectivity index (χ0) is 22.4. The van der Waals surface area contributed by atoms with Gasteiger partial charge in [0.2, 0.25) is 0 Å². The van der Waals surface area contributed by atoms with Gasteiger partial charge in [0.1, 0.15) is 18.3 Å². The highest BCUT2D eigenvalue weighted by Gasteiger charge is 2.79. The maximum absolute atomic E-state index is 10.2. The quantitative estimate of drug-likeness (QED) is 0.673. The maximum Gasteiger partial charge on any atom is 0.166 e. The van der Waals surface area contributed by atoms with Crippen molar-refractivity contribution >= 4 is 0 Å².